The quantitative estimate of drug-likeness (QED) is 0.795. The molecule has 0 bridgehead atoms. The van der Waals surface area contributed by atoms with Crippen molar-refractivity contribution in [2.24, 2.45) is 5.92 Å². The van der Waals surface area contributed by atoms with Crippen LogP contribution in [0.25, 0.3) is 0 Å². The molecule has 0 fully saturated rings. The maximum Gasteiger partial charge on any atom is 0.133 e. The summed E-state index contributed by atoms with van der Waals surface area (Å²) in [4.78, 5) is 2.28. The zero-order valence-electron chi connectivity index (χ0n) is 12.0. The molecule has 0 saturated heterocycles. The van der Waals surface area contributed by atoms with E-state index < -0.39 is 0 Å². The lowest BCUT2D eigenvalue weighted by atomic mass is 10.1. The number of likely N-dealkylation sites (N-methyl/N-ethyl adjacent to an activating group) is 1. The van der Waals surface area contributed by atoms with E-state index in [4.69, 9.17) is 4.74 Å². The van der Waals surface area contributed by atoms with Gasteiger partial charge in [0.2, 0.25) is 0 Å². The number of hydrogen-bond acceptors (Lipinski definition) is 3. The second kappa shape index (κ2) is 8.56. The lowest BCUT2D eigenvalue weighted by Gasteiger charge is -2.21. The zero-order chi connectivity index (χ0) is 14.3. The number of hydrogen-bond donors (Lipinski definition) is 1. The first kappa shape index (κ1) is 16.5. The summed E-state index contributed by atoms with van der Waals surface area (Å²) >= 11 is 3.51. The van der Waals surface area contributed by atoms with Gasteiger partial charge in [-0.1, -0.05) is 13.0 Å². The van der Waals surface area contributed by atoms with Crippen LogP contribution in [0.5, 0.6) is 5.75 Å². The largest absolute Gasteiger partial charge is 0.496 e. The van der Waals surface area contributed by atoms with Crippen molar-refractivity contribution in [3.63, 3.8) is 0 Å². The van der Waals surface area contributed by atoms with Crippen LogP contribution in [0.3, 0.4) is 0 Å². The van der Waals surface area contributed by atoms with E-state index in [0.717, 1.165) is 36.2 Å². The number of benzene rings is 1. The lowest BCUT2D eigenvalue weighted by molar-refractivity contribution is 0.177. The second-order valence-electron chi connectivity index (χ2n) is 4.94. The van der Waals surface area contributed by atoms with Crippen LogP contribution in [-0.4, -0.2) is 43.9 Å². The first-order chi connectivity index (χ1) is 9.10. The molecular formula is C15H24BrNO2. The maximum atomic E-state index is 9.21. The molecule has 0 aliphatic carbocycles. The molecule has 1 aromatic carbocycles. The third kappa shape index (κ3) is 5.51. The van der Waals surface area contributed by atoms with Gasteiger partial charge in [-0.2, -0.15) is 0 Å². The molecule has 1 unspecified atom stereocenters. The zero-order valence-corrected chi connectivity index (χ0v) is 13.6. The van der Waals surface area contributed by atoms with E-state index in [0.29, 0.717) is 5.92 Å². The van der Waals surface area contributed by atoms with Gasteiger partial charge in [-0.25, -0.2) is 0 Å². The molecule has 1 rings (SSSR count). The van der Waals surface area contributed by atoms with Crippen LogP contribution >= 0.6 is 15.9 Å². The first-order valence-corrected chi connectivity index (χ1v) is 7.51. The Bertz CT molecular complexity index is 380. The summed E-state index contributed by atoms with van der Waals surface area (Å²) in [6.45, 7) is 4.34. The van der Waals surface area contributed by atoms with Crippen molar-refractivity contribution in [3.05, 3.63) is 28.2 Å². The first-order valence-electron chi connectivity index (χ1n) is 6.72. The van der Waals surface area contributed by atoms with Crippen LogP contribution < -0.4 is 4.74 Å². The number of aliphatic hydroxyl groups is 1. The Hall–Kier alpha value is -0.580. The molecule has 108 valence electrons. The van der Waals surface area contributed by atoms with E-state index in [1.807, 2.05) is 6.07 Å². The maximum absolute atomic E-state index is 9.21. The third-order valence-corrected chi connectivity index (χ3v) is 4.02. The van der Waals surface area contributed by atoms with Gasteiger partial charge in [-0.3, -0.25) is 0 Å². The number of halogens is 1. The Balaban J connectivity index is 2.45. The summed E-state index contributed by atoms with van der Waals surface area (Å²) in [6, 6.07) is 6.19. The van der Waals surface area contributed by atoms with Crippen molar-refractivity contribution in [1.29, 1.82) is 0 Å². The van der Waals surface area contributed by atoms with E-state index >= 15 is 0 Å². The van der Waals surface area contributed by atoms with Gasteiger partial charge in [0.25, 0.3) is 0 Å². The van der Waals surface area contributed by atoms with Gasteiger partial charge in [0.1, 0.15) is 5.75 Å². The summed E-state index contributed by atoms with van der Waals surface area (Å²) in [5, 5.41) is 9.21. The van der Waals surface area contributed by atoms with Crippen molar-refractivity contribution in [3.8, 4) is 5.75 Å². The minimum atomic E-state index is 0.273. The molecule has 0 aliphatic rings. The molecule has 0 aromatic heterocycles. The Kier molecular flexibility index (Phi) is 7.42. The van der Waals surface area contributed by atoms with E-state index in [2.05, 4.69) is 46.9 Å². The number of aliphatic hydroxyl groups excluding tert-OH is 1. The molecule has 0 amide bonds. The molecule has 1 N–H and O–H groups in total. The molecule has 0 spiro atoms. The lowest BCUT2D eigenvalue weighted by Crippen LogP contribution is -2.29. The summed E-state index contributed by atoms with van der Waals surface area (Å²) in [7, 11) is 3.78. The average molecular weight is 330 g/mol. The molecule has 19 heavy (non-hydrogen) atoms. The molecule has 1 atom stereocenters. The van der Waals surface area contributed by atoms with Gasteiger partial charge in [-0.15, -0.1) is 0 Å². The monoisotopic (exact) mass is 329 g/mol. The van der Waals surface area contributed by atoms with Crippen LogP contribution in [-0.2, 0) is 6.42 Å². The second-order valence-corrected chi connectivity index (χ2v) is 5.79. The van der Waals surface area contributed by atoms with Crippen LogP contribution in [0, 0.1) is 5.92 Å². The van der Waals surface area contributed by atoms with Crippen molar-refractivity contribution in [2.75, 3.05) is 33.9 Å². The van der Waals surface area contributed by atoms with E-state index in [1.54, 1.807) is 7.11 Å². The smallest absolute Gasteiger partial charge is 0.133 e. The molecule has 3 nitrogen and oxygen atoms in total. The minimum Gasteiger partial charge on any atom is -0.496 e. The van der Waals surface area contributed by atoms with Crippen molar-refractivity contribution in [1.82, 2.24) is 4.90 Å². The van der Waals surface area contributed by atoms with Crippen LogP contribution in [0.2, 0.25) is 0 Å². The number of ether oxygens (including phenoxy) is 1. The Morgan fingerprint density at radius 2 is 2.16 bits per heavy atom. The normalized spacial score (nSPS) is 12.7. The molecule has 0 aliphatic heterocycles. The highest BCUT2D eigenvalue weighted by Gasteiger charge is 2.09. The molecular weight excluding hydrogens is 306 g/mol. The fourth-order valence-corrected chi connectivity index (χ4v) is 2.62. The van der Waals surface area contributed by atoms with E-state index in [-0.39, 0.29) is 6.61 Å². The van der Waals surface area contributed by atoms with Gasteiger partial charge in [-0.05, 0) is 59.4 Å². The molecule has 4 heteroatoms. The van der Waals surface area contributed by atoms with Gasteiger partial charge in [0, 0.05) is 19.7 Å². The standard InChI is InChI=1S/C15H24BrNO2/c1-4-12(11-18)10-17(2)8-7-13-5-6-15(19-3)14(16)9-13/h5-6,9,12,18H,4,7-8,10-11H2,1-3H3. The van der Waals surface area contributed by atoms with Gasteiger partial charge in [0.05, 0.1) is 11.6 Å². The number of rotatable bonds is 8. The topological polar surface area (TPSA) is 32.7 Å². The third-order valence-electron chi connectivity index (χ3n) is 3.40. The fourth-order valence-electron chi connectivity index (χ4n) is 2.03. The SMILES string of the molecule is CCC(CO)CN(C)CCc1ccc(OC)c(Br)c1. The summed E-state index contributed by atoms with van der Waals surface area (Å²) in [5.74, 6) is 1.25. The fraction of sp³-hybridized carbons (Fsp3) is 0.600. The van der Waals surface area contributed by atoms with E-state index in [9.17, 15) is 5.11 Å². The highest BCUT2D eigenvalue weighted by atomic mass is 79.9. The van der Waals surface area contributed by atoms with Crippen molar-refractivity contribution >= 4 is 15.9 Å². The molecule has 0 saturated carbocycles. The predicted octanol–water partition coefficient (Wildman–Crippen LogP) is 2.95. The summed E-state index contributed by atoms with van der Waals surface area (Å²) < 4.78 is 6.22. The molecule has 1 aromatic rings. The Morgan fingerprint density at radius 1 is 1.42 bits per heavy atom. The van der Waals surface area contributed by atoms with Crippen molar-refractivity contribution < 1.29 is 9.84 Å². The van der Waals surface area contributed by atoms with Crippen molar-refractivity contribution in [2.45, 2.75) is 19.8 Å². The summed E-state index contributed by atoms with van der Waals surface area (Å²) in [5.41, 5.74) is 1.29. The van der Waals surface area contributed by atoms with Gasteiger partial charge < -0.3 is 14.7 Å². The van der Waals surface area contributed by atoms with E-state index in [1.165, 1.54) is 5.56 Å². The molecule has 0 heterocycles. The van der Waals surface area contributed by atoms with Gasteiger partial charge in [0.15, 0.2) is 0 Å². The van der Waals surface area contributed by atoms with Crippen LogP contribution in [0.1, 0.15) is 18.9 Å². The Morgan fingerprint density at radius 3 is 2.68 bits per heavy atom. The minimum absolute atomic E-state index is 0.273. The predicted molar refractivity (Wildman–Crippen MR) is 82.8 cm³/mol. The average Bonchev–Trinajstić information content (AvgIpc) is 2.42. The number of nitrogens with zero attached hydrogens (tertiary/aromatic N) is 1. The van der Waals surface area contributed by atoms with Crippen LogP contribution in [0.15, 0.2) is 22.7 Å². The van der Waals surface area contributed by atoms with Crippen LogP contribution in [0.4, 0.5) is 0 Å². The Labute approximate surface area is 124 Å². The van der Waals surface area contributed by atoms with Gasteiger partial charge >= 0.3 is 0 Å². The molecule has 0 radical (unpaired) electrons. The highest BCUT2D eigenvalue weighted by molar-refractivity contribution is 9.10. The highest BCUT2D eigenvalue weighted by Crippen LogP contribution is 2.25. The summed E-state index contributed by atoms with van der Waals surface area (Å²) in [6.07, 6.45) is 2.02. The number of methoxy groups -OCH3 is 1.